The Morgan fingerprint density at radius 2 is 1.71 bits per heavy atom. The molecule has 0 aliphatic rings. The molecule has 0 fully saturated rings. The summed E-state index contributed by atoms with van der Waals surface area (Å²) < 4.78 is 0.893. The molecule has 0 saturated carbocycles. The lowest BCUT2D eigenvalue weighted by atomic mass is 10.0. The van der Waals surface area contributed by atoms with E-state index in [1.54, 1.807) is 11.8 Å². The quantitative estimate of drug-likeness (QED) is 0.729. The molecular formula is C16H15N3S2. The summed E-state index contributed by atoms with van der Waals surface area (Å²) in [6, 6.07) is 18.9. The van der Waals surface area contributed by atoms with Gasteiger partial charge in [-0.3, -0.25) is 0 Å². The monoisotopic (exact) mass is 313 g/mol. The van der Waals surface area contributed by atoms with Gasteiger partial charge in [-0.25, -0.2) is 0 Å². The Morgan fingerprint density at radius 1 is 1.00 bits per heavy atom. The summed E-state index contributed by atoms with van der Waals surface area (Å²) in [7, 11) is 0. The molecule has 21 heavy (non-hydrogen) atoms. The van der Waals surface area contributed by atoms with E-state index in [2.05, 4.69) is 65.7 Å². The van der Waals surface area contributed by atoms with Crippen molar-refractivity contribution in [3.63, 3.8) is 0 Å². The van der Waals surface area contributed by atoms with Crippen molar-refractivity contribution >= 4 is 28.2 Å². The molecule has 0 spiro atoms. The normalized spacial score (nSPS) is 12.2. The maximum Gasteiger partial charge on any atom is 0.203 e. The van der Waals surface area contributed by atoms with Crippen molar-refractivity contribution in [1.29, 1.82) is 0 Å². The van der Waals surface area contributed by atoms with Crippen LogP contribution in [0.1, 0.15) is 21.9 Å². The SMILES string of the molecule is Cc1ccccc1C(Sc1nnc(N)s1)c1ccccc1. The van der Waals surface area contributed by atoms with E-state index in [1.165, 1.54) is 28.0 Å². The molecule has 2 N–H and O–H groups in total. The van der Waals surface area contributed by atoms with Crippen LogP contribution in [0.2, 0.25) is 0 Å². The van der Waals surface area contributed by atoms with E-state index in [1.807, 2.05) is 6.07 Å². The molecule has 3 nitrogen and oxygen atoms in total. The summed E-state index contributed by atoms with van der Waals surface area (Å²) in [6.07, 6.45) is 0. The molecule has 1 heterocycles. The molecule has 1 unspecified atom stereocenters. The first kappa shape index (κ1) is 14.1. The summed E-state index contributed by atoms with van der Waals surface area (Å²) in [5, 5.41) is 8.75. The molecule has 3 rings (SSSR count). The van der Waals surface area contributed by atoms with Crippen molar-refractivity contribution in [3.05, 3.63) is 71.3 Å². The summed E-state index contributed by atoms with van der Waals surface area (Å²) in [4.78, 5) is 0. The van der Waals surface area contributed by atoms with Gasteiger partial charge in [0.05, 0.1) is 5.25 Å². The highest BCUT2D eigenvalue weighted by molar-refractivity contribution is 8.01. The highest BCUT2D eigenvalue weighted by Crippen LogP contribution is 2.42. The Kier molecular flexibility index (Phi) is 4.22. The van der Waals surface area contributed by atoms with Crippen molar-refractivity contribution < 1.29 is 0 Å². The molecule has 0 bridgehead atoms. The second-order valence-electron chi connectivity index (χ2n) is 4.67. The number of nitrogens with two attached hydrogens (primary N) is 1. The molecule has 0 aliphatic heterocycles. The van der Waals surface area contributed by atoms with E-state index in [0.29, 0.717) is 5.13 Å². The van der Waals surface area contributed by atoms with Crippen molar-refractivity contribution in [2.75, 3.05) is 5.73 Å². The van der Waals surface area contributed by atoms with Gasteiger partial charge < -0.3 is 5.73 Å². The topological polar surface area (TPSA) is 51.8 Å². The average molecular weight is 313 g/mol. The number of anilines is 1. The zero-order valence-electron chi connectivity index (χ0n) is 11.6. The van der Waals surface area contributed by atoms with Crippen LogP contribution in [-0.4, -0.2) is 10.2 Å². The number of thioether (sulfide) groups is 1. The smallest absolute Gasteiger partial charge is 0.203 e. The number of hydrogen-bond acceptors (Lipinski definition) is 5. The number of nitrogen functional groups attached to an aromatic ring is 1. The van der Waals surface area contributed by atoms with Gasteiger partial charge in [-0.2, -0.15) is 0 Å². The van der Waals surface area contributed by atoms with Gasteiger partial charge in [0.25, 0.3) is 0 Å². The zero-order valence-corrected chi connectivity index (χ0v) is 13.2. The van der Waals surface area contributed by atoms with E-state index in [4.69, 9.17) is 5.73 Å². The molecule has 0 aliphatic carbocycles. The fraction of sp³-hybridized carbons (Fsp3) is 0.125. The largest absolute Gasteiger partial charge is 0.374 e. The maximum atomic E-state index is 5.69. The van der Waals surface area contributed by atoms with Gasteiger partial charge >= 0.3 is 0 Å². The van der Waals surface area contributed by atoms with Crippen molar-refractivity contribution in [1.82, 2.24) is 10.2 Å². The molecule has 1 aromatic heterocycles. The van der Waals surface area contributed by atoms with Crippen molar-refractivity contribution in [3.8, 4) is 0 Å². The fourth-order valence-electron chi connectivity index (χ4n) is 2.19. The minimum Gasteiger partial charge on any atom is -0.374 e. The van der Waals surface area contributed by atoms with E-state index in [9.17, 15) is 0 Å². The Balaban J connectivity index is 2.01. The second kappa shape index (κ2) is 6.28. The molecule has 2 aromatic carbocycles. The first-order valence-corrected chi connectivity index (χ1v) is 8.30. The molecule has 1 atom stereocenters. The Labute approximate surface area is 132 Å². The van der Waals surface area contributed by atoms with Crippen molar-refractivity contribution in [2.24, 2.45) is 0 Å². The van der Waals surface area contributed by atoms with Gasteiger partial charge in [0, 0.05) is 0 Å². The van der Waals surface area contributed by atoms with E-state index >= 15 is 0 Å². The molecule has 0 saturated heterocycles. The molecule has 5 heteroatoms. The number of aryl methyl sites for hydroxylation is 1. The van der Waals surface area contributed by atoms with Crippen molar-refractivity contribution in [2.45, 2.75) is 16.5 Å². The van der Waals surface area contributed by atoms with E-state index in [-0.39, 0.29) is 5.25 Å². The predicted octanol–water partition coefficient (Wildman–Crippen LogP) is 4.31. The van der Waals surface area contributed by atoms with Crippen LogP contribution in [-0.2, 0) is 0 Å². The second-order valence-corrected chi connectivity index (χ2v) is 7.03. The van der Waals surface area contributed by atoms with Gasteiger partial charge in [0.2, 0.25) is 5.13 Å². The molecule has 0 radical (unpaired) electrons. The van der Waals surface area contributed by atoms with Crippen LogP contribution in [0.3, 0.4) is 0 Å². The lowest BCUT2D eigenvalue weighted by Gasteiger charge is -2.18. The third kappa shape index (κ3) is 3.25. The molecular weight excluding hydrogens is 298 g/mol. The van der Waals surface area contributed by atoms with E-state index in [0.717, 1.165) is 4.34 Å². The van der Waals surface area contributed by atoms with Crippen LogP contribution < -0.4 is 5.73 Å². The molecule has 3 aromatic rings. The van der Waals surface area contributed by atoms with Crippen LogP contribution in [0.5, 0.6) is 0 Å². The standard InChI is InChI=1S/C16H15N3S2/c1-11-7-5-6-10-13(11)14(12-8-3-2-4-9-12)20-16-19-18-15(17)21-16/h2-10,14H,1H3,(H2,17,18). The minimum absolute atomic E-state index is 0.194. The summed E-state index contributed by atoms with van der Waals surface area (Å²) in [5.41, 5.74) is 9.52. The lowest BCUT2D eigenvalue weighted by molar-refractivity contribution is 1.01. The van der Waals surface area contributed by atoms with E-state index < -0.39 is 0 Å². The first-order valence-electron chi connectivity index (χ1n) is 6.60. The first-order chi connectivity index (χ1) is 10.2. The molecule has 0 amide bonds. The number of rotatable bonds is 4. The third-order valence-corrected chi connectivity index (χ3v) is 5.34. The van der Waals surface area contributed by atoms with Crippen LogP contribution in [0.25, 0.3) is 0 Å². The van der Waals surface area contributed by atoms with Crippen LogP contribution >= 0.6 is 23.1 Å². The van der Waals surface area contributed by atoms with Gasteiger partial charge in [-0.1, -0.05) is 77.7 Å². The average Bonchev–Trinajstić information content (AvgIpc) is 2.92. The minimum atomic E-state index is 0.194. The summed E-state index contributed by atoms with van der Waals surface area (Å²) in [6.45, 7) is 2.14. The van der Waals surface area contributed by atoms with Crippen LogP contribution in [0.15, 0.2) is 58.9 Å². The number of benzene rings is 2. The van der Waals surface area contributed by atoms with Crippen LogP contribution in [0, 0.1) is 6.92 Å². The highest BCUT2D eigenvalue weighted by Gasteiger charge is 2.19. The maximum absolute atomic E-state index is 5.69. The van der Waals surface area contributed by atoms with Gasteiger partial charge in [-0.05, 0) is 23.6 Å². The van der Waals surface area contributed by atoms with Gasteiger partial charge in [0.15, 0.2) is 4.34 Å². The van der Waals surface area contributed by atoms with Crippen LogP contribution in [0.4, 0.5) is 5.13 Å². The zero-order chi connectivity index (χ0) is 14.7. The Hall–Kier alpha value is -1.85. The van der Waals surface area contributed by atoms with Gasteiger partial charge in [0.1, 0.15) is 0 Å². The fourth-order valence-corrected chi connectivity index (χ4v) is 4.24. The lowest BCUT2D eigenvalue weighted by Crippen LogP contribution is -1.99. The summed E-state index contributed by atoms with van der Waals surface area (Å²) >= 11 is 3.12. The predicted molar refractivity (Wildman–Crippen MR) is 89.6 cm³/mol. The number of nitrogens with zero attached hydrogens (tertiary/aromatic N) is 2. The Morgan fingerprint density at radius 3 is 2.38 bits per heavy atom. The van der Waals surface area contributed by atoms with Gasteiger partial charge in [-0.15, -0.1) is 10.2 Å². The summed E-state index contributed by atoms with van der Waals surface area (Å²) in [5.74, 6) is 0. The highest BCUT2D eigenvalue weighted by atomic mass is 32.2. The molecule has 106 valence electrons. The number of hydrogen-bond donors (Lipinski definition) is 1. The number of aromatic nitrogens is 2. The Bertz CT molecular complexity index is 725. The third-order valence-electron chi connectivity index (χ3n) is 3.21.